The van der Waals surface area contributed by atoms with E-state index in [2.05, 4.69) is 27.9 Å². The lowest BCUT2D eigenvalue weighted by atomic mass is 10.1. The fourth-order valence-electron chi connectivity index (χ4n) is 2.53. The summed E-state index contributed by atoms with van der Waals surface area (Å²) in [6, 6.07) is 22.7. The molecule has 3 aromatic carbocycles. The van der Waals surface area contributed by atoms with Crippen LogP contribution in [0.15, 0.2) is 78.4 Å². The zero-order valence-electron chi connectivity index (χ0n) is 15.2. The summed E-state index contributed by atoms with van der Waals surface area (Å²) in [6.45, 7) is 0.352. The largest absolute Gasteiger partial charge is 0.488 e. The Hall–Kier alpha value is -3.18. The Balaban J connectivity index is 1.78. The molecule has 0 aliphatic rings. The quantitative estimate of drug-likeness (QED) is 0.275. The average Bonchev–Trinajstić information content (AvgIpc) is 2.74. The molecule has 6 heteroatoms. The van der Waals surface area contributed by atoms with Crippen molar-refractivity contribution in [2.45, 2.75) is 6.61 Å². The van der Waals surface area contributed by atoms with Gasteiger partial charge in [0.2, 0.25) is 0 Å². The van der Waals surface area contributed by atoms with Gasteiger partial charge in [-0.25, -0.2) is 4.39 Å². The van der Waals surface area contributed by atoms with E-state index in [1.54, 1.807) is 24.3 Å². The minimum absolute atomic E-state index is 0.0156. The third-order valence-electron chi connectivity index (χ3n) is 4.01. The number of nitrogens with zero attached hydrogens (tertiary/aromatic N) is 1. The van der Waals surface area contributed by atoms with Gasteiger partial charge in [0.1, 0.15) is 29.8 Å². The van der Waals surface area contributed by atoms with Crippen molar-refractivity contribution in [3.8, 4) is 11.8 Å². The number of carbonyl (C=O) groups excluding carboxylic acids is 1. The van der Waals surface area contributed by atoms with E-state index in [0.29, 0.717) is 17.9 Å². The van der Waals surface area contributed by atoms with Crippen LogP contribution in [0.25, 0.3) is 6.08 Å². The van der Waals surface area contributed by atoms with Crippen LogP contribution in [0.3, 0.4) is 0 Å². The molecular formula is C23H16FIN2O2. The standard InChI is InChI=1S/C23H16FIN2O2/c24-20-6-2-3-7-21(20)27-23(28)18(14-26)13-17-5-1-4-8-22(17)29-15-16-9-11-19(25)12-10-16/h1-13H,15H2,(H,27,28)/b18-13-. The van der Waals surface area contributed by atoms with Crippen molar-refractivity contribution in [1.29, 1.82) is 5.26 Å². The van der Waals surface area contributed by atoms with Crippen LogP contribution in [-0.2, 0) is 11.4 Å². The molecule has 1 N–H and O–H groups in total. The highest BCUT2D eigenvalue weighted by atomic mass is 127. The van der Waals surface area contributed by atoms with Gasteiger partial charge in [0, 0.05) is 9.13 Å². The van der Waals surface area contributed by atoms with Gasteiger partial charge in [0.15, 0.2) is 0 Å². The van der Waals surface area contributed by atoms with Crippen molar-refractivity contribution >= 4 is 40.3 Å². The van der Waals surface area contributed by atoms with E-state index < -0.39 is 11.7 Å². The van der Waals surface area contributed by atoms with Crippen LogP contribution < -0.4 is 10.1 Å². The average molecular weight is 498 g/mol. The number of rotatable bonds is 6. The van der Waals surface area contributed by atoms with E-state index in [1.807, 2.05) is 36.4 Å². The number of hydrogen-bond donors (Lipinski definition) is 1. The van der Waals surface area contributed by atoms with Gasteiger partial charge in [-0.15, -0.1) is 0 Å². The summed E-state index contributed by atoms with van der Waals surface area (Å²) in [4.78, 5) is 12.4. The highest BCUT2D eigenvalue weighted by molar-refractivity contribution is 14.1. The van der Waals surface area contributed by atoms with Crippen molar-refractivity contribution < 1.29 is 13.9 Å². The van der Waals surface area contributed by atoms with Gasteiger partial charge in [0.05, 0.1) is 5.69 Å². The zero-order valence-corrected chi connectivity index (χ0v) is 17.4. The molecule has 0 saturated heterocycles. The fraction of sp³-hybridized carbons (Fsp3) is 0.0435. The first-order valence-corrected chi connectivity index (χ1v) is 9.78. The third-order valence-corrected chi connectivity index (χ3v) is 4.73. The van der Waals surface area contributed by atoms with Crippen LogP contribution in [0.2, 0.25) is 0 Å². The number of benzene rings is 3. The van der Waals surface area contributed by atoms with Crippen LogP contribution in [-0.4, -0.2) is 5.91 Å². The monoisotopic (exact) mass is 498 g/mol. The second-order valence-electron chi connectivity index (χ2n) is 6.06. The molecule has 4 nitrogen and oxygen atoms in total. The maximum Gasteiger partial charge on any atom is 0.266 e. The molecule has 0 aliphatic carbocycles. The number of amides is 1. The van der Waals surface area contributed by atoms with Gasteiger partial charge in [-0.3, -0.25) is 4.79 Å². The van der Waals surface area contributed by atoms with Gasteiger partial charge in [-0.2, -0.15) is 5.26 Å². The van der Waals surface area contributed by atoms with Crippen molar-refractivity contribution in [1.82, 2.24) is 0 Å². The predicted molar refractivity (Wildman–Crippen MR) is 119 cm³/mol. The minimum Gasteiger partial charge on any atom is -0.488 e. The van der Waals surface area contributed by atoms with Crippen LogP contribution in [0.1, 0.15) is 11.1 Å². The zero-order chi connectivity index (χ0) is 20.6. The predicted octanol–water partition coefficient (Wildman–Crippen LogP) is 5.55. The third kappa shape index (κ3) is 5.65. The van der Waals surface area contributed by atoms with Gasteiger partial charge in [0.25, 0.3) is 5.91 Å². The number of halogens is 2. The second-order valence-corrected chi connectivity index (χ2v) is 7.30. The van der Waals surface area contributed by atoms with Crippen molar-refractivity contribution in [2.75, 3.05) is 5.32 Å². The highest BCUT2D eigenvalue weighted by Gasteiger charge is 2.13. The van der Waals surface area contributed by atoms with Crippen LogP contribution >= 0.6 is 22.6 Å². The Bertz CT molecular complexity index is 1090. The Morgan fingerprint density at radius 1 is 1.07 bits per heavy atom. The van der Waals surface area contributed by atoms with E-state index in [1.165, 1.54) is 24.3 Å². The molecule has 0 unspecified atom stereocenters. The summed E-state index contributed by atoms with van der Waals surface area (Å²) in [5.41, 5.74) is 1.45. The van der Waals surface area contributed by atoms with Crippen LogP contribution in [0, 0.1) is 20.7 Å². The molecule has 0 bridgehead atoms. The van der Waals surface area contributed by atoms with Gasteiger partial charge >= 0.3 is 0 Å². The SMILES string of the molecule is N#C/C(=C/c1ccccc1OCc1ccc(I)cc1)C(=O)Nc1ccccc1F. The summed E-state index contributed by atoms with van der Waals surface area (Å²) >= 11 is 2.23. The molecule has 3 aromatic rings. The summed E-state index contributed by atoms with van der Waals surface area (Å²) < 4.78 is 20.8. The number of anilines is 1. The maximum absolute atomic E-state index is 13.8. The van der Waals surface area contributed by atoms with E-state index in [4.69, 9.17) is 4.74 Å². The molecule has 29 heavy (non-hydrogen) atoms. The molecule has 0 radical (unpaired) electrons. The lowest BCUT2D eigenvalue weighted by Gasteiger charge is -2.10. The Labute approximate surface area is 181 Å². The van der Waals surface area contributed by atoms with E-state index in [9.17, 15) is 14.4 Å². The van der Waals surface area contributed by atoms with Crippen molar-refractivity contribution in [3.63, 3.8) is 0 Å². The first kappa shape index (κ1) is 20.6. The van der Waals surface area contributed by atoms with Crippen LogP contribution in [0.4, 0.5) is 10.1 Å². The Morgan fingerprint density at radius 3 is 2.48 bits per heavy atom. The molecule has 0 saturated carbocycles. The maximum atomic E-state index is 13.8. The number of nitrogens with one attached hydrogen (secondary N) is 1. The smallest absolute Gasteiger partial charge is 0.266 e. The summed E-state index contributed by atoms with van der Waals surface area (Å²) in [7, 11) is 0. The lowest BCUT2D eigenvalue weighted by molar-refractivity contribution is -0.112. The van der Waals surface area contributed by atoms with Crippen LogP contribution in [0.5, 0.6) is 5.75 Å². The normalized spacial score (nSPS) is 10.9. The van der Waals surface area contributed by atoms with E-state index in [0.717, 1.165) is 9.13 Å². The molecule has 144 valence electrons. The molecule has 0 atom stereocenters. The minimum atomic E-state index is -0.690. The first-order chi connectivity index (χ1) is 14.1. The Kier molecular flexibility index (Phi) is 6.98. The molecule has 3 rings (SSSR count). The molecule has 0 aliphatic heterocycles. The summed E-state index contributed by atoms with van der Waals surface area (Å²) in [5.74, 6) is -0.720. The van der Waals surface area contributed by atoms with Gasteiger partial charge in [-0.05, 0) is 64.6 Å². The topological polar surface area (TPSA) is 62.1 Å². The van der Waals surface area contributed by atoms with Gasteiger partial charge in [-0.1, -0.05) is 42.5 Å². The number of nitriles is 1. The van der Waals surface area contributed by atoms with E-state index >= 15 is 0 Å². The molecular weight excluding hydrogens is 482 g/mol. The summed E-state index contributed by atoms with van der Waals surface area (Å²) in [6.07, 6.45) is 1.43. The number of hydrogen-bond acceptors (Lipinski definition) is 3. The number of para-hydroxylation sites is 2. The molecule has 1 amide bonds. The molecule has 0 heterocycles. The Morgan fingerprint density at radius 2 is 1.76 bits per heavy atom. The second kappa shape index (κ2) is 9.85. The van der Waals surface area contributed by atoms with Crippen molar-refractivity contribution in [3.05, 3.63) is 98.9 Å². The molecule has 0 fully saturated rings. The van der Waals surface area contributed by atoms with E-state index in [-0.39, 0.29) is 11.3 Å². The lowest BCUT2D eigenvalue weighted by Crippen LogP contribution is -2.14. The fourth-order valence-corrected chi connectivity index (χ4v) is 2.89. The van der Waals surface area contributed by atoms with Crippen molar-refractivity contribution in [2.24, 2.45) is 0 Å². The summed E-state index contributed by atoms with van der Waals surface area (Å²) in [5, 5.41) is 11.8. The number of ether oxygens (including phenoxy) is 1. The first-order valence-electron chi connectivity index (χ1n) is 8.71. The number of carbonyl (C=O) groups is 1. The van der Waals surface area contributed by atoms with Gasteiger partial charge < -0.3 is 10.1 Å². The molecule has 0 spiro atoms. The molecule has 0 aromatic heterocycles. The highest BCUT2D eigenvalue weighted by Crippen LogP contribution is 2.23.